The molecule has 0 amide bonds. The predicted octanol–water partition coefficient (Wildman–Crippen LogP) is 8.19. The summed E-state index contributed by atoms with van der Waals surface area (Å²) in [7, 11) is 0. The van der Waals surface area contributed by atoms with Crippen molar-refractivity contribution in [1.82, 2.24) is 5.32 Å². The summed E-state index contributed by atoms with van der Waals surface area (Å²) in [6, 6.07) is 29.0. The van der Waals surface area contributed by atoms with Gasteiger partial charge in [-0.15, -0.1) is 12.4 Å². The van der Waals surface area contributed by atoms with Gasteiger partial charge in [0.05, 0.1) is 13.2 Å². The molecule has 2 atom stereocenters. The molecule has 34 heavy (non-hydrogen) atoms. The lowest BCUT2D eigenvalue weighted by molar-refractivity contribution is -0.135. The average Bonchev–Trinajstić information content (AvgIpc) is 2.82. The van der Waals surface area contributed by atoms with Gasteiger partial charge in [0.2, 0.25) is 0 Å². The molecule has 0 radical (unpaired) electrons. The topological polar surface area (TPSA) is 21.3 Å². The van der Waals surface area contributed by atoms with E-state index < -0.39 is 5.67 Å². The second kappa shape index (κ2) is 10.1. The van der Waals surface area contributed by atoms with E-state index in [4.69, 9.17) is 16.3 Å². The van der Waals surface area contributed by atoms with Crippen molar-refractivity contribution in [1.29, 1.82) is 0 Å². The predicted molar refractivity (Wildman–Crippen MR) is 142 cm³/mol. The third kappa shape index (κ3) is 4.85. The zero-order valence-corrected chi connectivity index (χ0v) is 20.8. The number of nitrogens with one attached hydrogen (secondary N) is 1. The minimum absolute atomic E-state index is 0. The third-order valence-corrected chi connectivity index (χ3v) is 6.84. The lowest BCUT2D eigenvalue weighted by Gasteiger charge is -2.34. The molecule has 1 unspecified atom stereocenters. The summed E-state index contributed by atoms with van der Waals surface area (Å²) in [6.45, 7) is 4.61. The Hall–Kier alpha value is -2.43. The summed E-state index contributed by atoms with van der Waals surface area (Å²) in [5.41, 5.74) is 3.93. The largest absolute Gasteiger partial charge is 0.374 e. The van der Waals surface area contributed by atoms with Crippen LogP contribution in [0.4, 0.5) is 4.39 Å². The molecule has 1 aliphatic rings. The van der Waals surface area contributed by atoms with Crippen molar-refractivity contribution in [3.63, 3.8) is 0 Å². The number of alkyl halides is 1. The van der Waals surface area contributed by atoms with Crippen molar-refractivity contribution in [2.24, 2.45) is 0 Å². The van der Waals surface area contributed by atoms with Gasteiger partial charge >= 0.3 is 0 Å². The van der Waals surface area contributed by atoms with E-state index >= 15 is 0 Å². The van der Waals surface area contributed by atoms with Crippen LogP contribution in [0.15, 0.2) is 84.9 Å². The standard InChI is InChI=1S/C29H27ClFNO.ClH/c1-19(22-7-5-8-26(30)15-22)32-20(2)24-14-23-6-3-4-9-27(23)28(16-24)21-10-12-25(13-11-21)29(31)17-33-18-29;/h3-16,19-20,32H,17-18H2,1-2H3;1H/t19-,20?;/m1./s1. The average molecular weight is 496 g/mol. The molecule has 4 aromatic carbocycles. The number of halogens is 3. The highest BCUT2D eigenvalue weighted by molar-refractivity contribution is 6.30. The minimum atomic E-state index is -1.35. The summed E-state index contributed by atoms with van der Waals surface area (Å²) in [4.78, 5) is 0. The minimum Gasteiger partial charge on any atom is -0.374 e. The number of fused-ring (bicyclic) bond motifs is 1. The van der Waals surface area contributed by atoms with E-state index in [2.05, 4.69) is 61.6 Å². The van der Waals surface area contributed by atoms with Gasteiger partial charge in [-0.1, -0.05) is 72.3 Å². The summed E-state index contributed by atoms with van der Waals surface area (Å²) in [5.74, 6) is 0. The van der Waals surface area contributed by atoms with Crippen molar-refractivity contribution in [3.8, 4) is 11.1 Å². The van der Waals surface area contributed by atoms with Crippen LogP contribution in [0.2, 0.25) is 5.02 Å². The van der Waals surface area contributed by atoms with Crippen LogP contribution in [-0.4, -0.2) is 13.2 Å². The van der Waals surface area contributed by atoms with E-state index in [0.29, 0.717) is 5.56 Å². The molecule has 1 aliphatic heterocycles. The van der Waals surface area contributed by atoms with Crippen LogP contribution in [-0.2, 0) is 10.4 Å². The molecule has 4 aromatic rings. The number of benzene rings is 4. The Kier molecular flexibility index (Phi) is 7.30. The number of hydrogen-bond donors (Lipinski definition) is 1. The van der Waals surface area contributed by atoms with Gasteiger partial charge in [-0.2, -0.15) is 0 Å². The monoisotopic (exact) mass is 495 g/mol. The van der Waals surface area contributed by atoms with Crippen molar-refractivity contribution < 1.29 is 9.13 Å². The molecule has 0 saturated carbocycles. The summed E-state index contributed by atoms with van der Waals surface area (Å²) < 4.78 is 19.8. The van der Waals surface area contributed by atoms with Crippen LogP contribution in [0.1, 0.15) is 42.6 Å². The Labute approximate surface area is 211 Å². The fraction of sp³-hybridized carbons (Fsp3) is 0.241. The van der Waals surface area contributed by atoms with Crippen LogP contribution in [0.3, 0.4) is 0 Å². The smallest absolute Gasteiger partial charge is 0.182 e. The van der Waals surface area contributed by atoms with Gasteiger partial charge in [-0.25, -0.2) is 4.39 Å². The van der Waals surface area contributed by atoms with E-state index in [1.165, 1.54) is 16.3 Å². The molecule has 1 saturated heterocycles. The number of rotatable bonds is 6. The van der Waals surface area contributed by atoms with E-state index in [9.17, 15) is 4.39 Å². The fourth-order valence-corrected chi connectivity index (χ4v) is 4.76. The molecular formula is C29H28Cl2FNO. The van der Waals surface area contributed by atoms with Gasteiger partial charge < -0.3 is 10.1 Å². The first kappa shape index (κ1) is 24.7. The van der Waals surface area contributed by atoms with Gasteiger partial charge in [-0.05, 0) is 76.7 Å². The fourth-order valence-electron chi connectivity index (χ4n) is 4.56. The van der Waals surface area contributed by atoms with Crippen molar-refractivity contribution in [2.45, 2.75) is 31.6 Å². The Balaban J connectivity index is 0.00000274. The zero-order valence-electron chi connectivity index (χ0n) is 19.2. The van der Waals surface area contributed by atoms with Crippen molar-refractivity contribution in [3.05, 3.63) is 107 Å². The van der Waals surface area contributed by atoms with Crippen molar-refractivity contribution in [2.75, 3.05) is 13.2 Å². The molecule has 0 bridgehead atoms. The Bertz CT molecular complexity index is 1290. The van der Waals surface area contributed by atoms with Crippen LogP contribution in [0, 0.1) is 0 Å². The van der Waals surface area contributed by atoms with E-state index in [1.807, 2.05) is 42.5 Å². The van der Waals surface area contributed by atoms with Gasteiger partial charge in [-0.3, -0.25) is 0 Å². The second-order valence-corrected chi connectivity index (χ2v) is 9.43. The van der Waals surface area contributed by atoms with Crippen LogP contribution >= 0.6 is 24.0 Å². The number of ether oxygens (including phenoxy) is 1. The molecule has 0 aromatic heterocycles. The van der Waals surface area contributed by atoms with E-state index in [-0.39, 0.29) is 37.7 Å². The highest BCUT2D eigenvalue weighted by Crippen LogP contribution is 2.37. The lowest BCUT2D eigenvalue weighted by atomic mass is 9.90. The van der Waals surface area contributed by atoms with Gasteiger partial charge in [0.1, 0.15) is 0 Å². The first-order valence-corrected chi connectivity index (χ1v) is 11.7. The Morgan fingerprint density at radius 1 is 0.853 bits per heavy atom. The molecule has 176 valence electrons. The summed E-state index contributed by atoms with van der Waals surface area (Å²) in [6.07, 6.45) is 0. The molecule has 0 aliphatic carbocycles. The van der Waals surface area contributed by atoms with Crippen molar-refractivity contribution >= 4 is 34.8 Å². The summed E-state index contributed by atoms with van der Waals surface area (Å²) >= 11 is 6.19. The number of hydrogen-bond acceptors (Lipinski definition) is 2. The molecule has 1 fully saturated rings. The third-order valence-electron chi connectivity index (χ3n) is 6.61. The molecule has 0 spiro atoms. The molecule has 2 nitrogen and oxygen atoms in total. The summed E-state index contributed by atoms with van der Waals surface area (Å²) in [5, 5.41) is 6.82. The quantitative estimate of drug-likeness (QED) is 0.291. The van der Waals surface area contributed by atoms with Crippen LogP contribution in [0.25, 0.3) is 21.9 Å². The van der Waals surface area contributed by atoms with Gasteiger partial charge in [0.15, 0.2) is 5.67 Å². The van der Waals surface area contributed by atoms with Crippen LogP contribution < -0.4 is 5.32 Å². The molecule has 5 heteroatoms. The van der Waals surface area contributed by atoms with Crippen LogP contribution in [0.5, 0.6) is 0 Å². The molecule has 5 rings (SSSR count). The maximum atomic E-state index is 14.7. The van der Waals surface area contributed by atoms with E-state index in [0.717, 1.165) is 21.7 Å². The van der Waals surface area contributed by atoms with Gasteiger partial charge in [0.25, 0.3) is 0 Å². The highest BCUT2D eigenvalue weighted by Gasteiger charge is 2.40. The normalized spacial score (nSPS) is 16.4. The highest BCUT2D eigenvalue weighted by atomic mass is 35.5. The second-order valence-electron chi connectivity index (χ2n) is 8.99. The zero-order chi connectivity index (χ0) is 23.0. The lowest BCUT2D eigenvalue weighted by Crippen LogP contribution is -2.42. The van der Waals surface area contributed by atoms with Gasteiger partial charge in [0, 0.05) is 17.1 Å². The first-order chi connectivity index (χ1) is 15.9. The SMILES string of the molecule is CC(N[C@H](C)c1cccc(Cl)c1)c1cc(-c2ccc(C3(F)COC3)cc2)c2ccccc2c1.Cl. The Morgan fingerprint density at radius 3 is 2.24 bits per heavy atom. The van der Waals surface area contributed by atoms with E-state index in [1.54, 1.807) is 0 Å². The Morgan fingerprint density at radius 2 is 1.56 bits per heavy atom. The molecule has 1 heterocycles. The maximum Gasteiger partial charge on any atom is 0.182 e. The molecular weight excluding hydrogens is 468 g/mol. The first-order valence-electron chi connectivity index (χ1n) is 11.3. The molecule has 1 N–H and O–H groups in total. The maximum absolute atomic E-state index is 14.7.